The van der Waals surface area contributed by atoms with Gasteiger partial charge in [-0.2, -0.15) is 0 Å². The summed E-state index contributed by atoms with van der Waals surface area (Å²) in [6.45, 7) is 1.68. The Hall–Kier alpha value is -2.83. The zero-order chi connectivity index (χ0) is 14.7. The molecule has 0 bridgehead atoms. The summed E-state index contributed by atoms with van der Waals surface area (Å²) in [7, 11) is 1.42. The third-order valence-electron chi connectivity index (χ3n) is 2.65. The van der Waals surface area contributed by atoms with E-state index in [1.807, 2.05) is 0 Å². The number of nitrogens with one attached hydrogen (secondary N) is 1. The highest BCUT2D eigenvalue weighted by molar-refractivity contribution is 6.04. The van der Waals surface area contributed by atoms with Crippen LogP contribution >= 0.6 is 0 Å². The Labute approximate surface area is 114 Å². The van der Waals surface area contributed by atoms with Crippen molar-refractivity contribution in [3.63, 3.8) is 0 Å². The number of aromatic nitrogens is 1. The van der Waals surface area contributed by atoms with Crippen LogP contribution in [0.1, 0.15) is 26.5 Å². The Balaban J connectivity index is 2.32. The SMILES string of the molecule is COc1ccc(C(=O)O)cc1NC(=O)c1oncc1C. The first kappa shape index (κ1) is 13.6. The van der Waals surface area contributed by atoms with Crippen molar-refractivity contribution in [1.82, 2.24) is 5.16 Å². The normalized spacial score (nSPS) is 10.1. The molecule has 0 saturated heterocycles. The summed E-state index contributed by atoms with van der Waals surface area (Å²) in [5, 5.41) is 15.0. The molecule has 2 rings (SSSR count). The molecule has 0 aliphatic heterocycles. The Kier molecular flexibility index (Phi) is 3.69. The number of carboxylic acid groups (broad SMARTS) is 1. The van der Waals surface area contributed by atoms with Crippen molar-refractivity contribution in [1.29, 1.82) is 0 Å². The molecule has 0 radical (unpaired) electrons. The third kappa shape index (κ3) is 2.61. The van der Waals surface area contributed by atoms with Crippen LogP contribution in [0.25, 0.3) is 0 Å². The lowest BCUT2D eigenvalue weighted by Crippen LogP contribution is -2.13. The summed E-state index contributed by atoms with van der Waals surface area (Å²) in [6.07, 6.45) is 1.42. The summed E-state index contributed by atoms with van der Waals surface area (Å²) >= 11 is 0. The van der Waals surface area contributed by atoms with E-state index in [1.54, 1.807) is 6.92 Å². The van der Waals surface area contributed by atoms with Crippen LogP contribution in [0.4, 0.5) is 5.69 Å². The maximum absolute atomic E-state index is 12.0. The van der Waals surface area contributed by atoms with E-state index in [2.05, 4.69) is 10.5 Å². The van der Waals surface area contributed by atoms with Crippen molar-refractivity contribution >= 4 is 17.6 Å². The highest BCUT2D eigenvalue weighted by atomic mass is 16.5. The second-order valence-corrected chi connectivity index (χ2v) is 4.01. The number of hydrogen-bond acceptors (Lipinski definition) is 5. The van der Waals surface area contributed by atoms with Crippen molar-refractivity contribution in [3.8, 4) is 5.75 Å². The van der Waals surface area contributed by atoms with Crippen LogP contribution in [0.5, 0.6) is 5.75 Å². The van der Waals surface area contributed by atoms with Crippen LogP contribution in [-0.4, -0.2) is 29.2 Å². The summed E-state index contributed by atoms with van der Waals surface area (Å²) in [5.41, 5.74) is 0.861. The van der Waals surface area contributed by atoms with Crippen molar-refractivity contribution in [2.24, 2.45) is 0 Å². The number of carbonyl (C=O) groups excluding carboxylic acids is 1. The van der Waals surface area contributed by atoms with Crippen molar-refractivity contribution in [2.75, 3.05) is 12.4 Å². The minimum absolute atomic E-state index is 0.0374. The predicted octanol–water partition coefficient (Wildman–Crippen LogP) is 1.94. The summed E-state index contributed by atoms with van der Waals surface area (Å²) in [4.78, 5) is 22.9. The molecule has 20 heavy (non-hydrogen) atoms. The fourth-order valence-electron chi connectivity index (χ4n) is 1.63. The van der Waals surface area contributed by atoms with E-state index < -0.39 is 11.9 Å². The highest BCUT2D eigenvalue weighted by Gasteiger charge is 2.17. The number of benzene rings is 1. The Morgan fingerprint density at radius 2 is 2.15 bits per heavy atom. The van der Waals surface area contributed by atoms with Gasteiger partial charge in [-0.3, -0.25) is 4.79 Å². The number of aryl methyl sites for hydroxylation is 1. The van der Waals surface area contributed by atoms with Gasteiger partial charge in [-0.25, -0.2) is 4.79 Å². The van der Waals surface area contributed by atoms with Gasteiger partial charge >= 0.3 is 5.97 Å². The maximum Gasteiger partial charge on any atom is 0.335 e. The Morgan fingerprint density at radius 1 is 1.40 bits per heavy atom. The van der Waals surface area contributed by atoms with Gasteiger partial charge in [0.25, 0.3) is 5.91 Å². The first-order valence-electron chi connectivity index (χ1n) is 5.67. The molecule has 104 valence electrons. The fraction of sp³-hybridized carbons (Fsp3) is 0.154. The van der Waals surface area contributed by atoms with Gasteiger partial charge in [-0.15, -0.1) is 0 Å². The van der Waals surface area contributed by atoms with Gasteiger partial charge in [0.15, 0.2) is 0 Å². The lowest BCUT2D eigenvalue weighted by Gasteiger charge is -2.10. The quantitative estimate of drug-likeness (QED) is 0.884. The summed E-state index contributed by atoms with van der Waals surface area (Å²) < 4.78 is 9.90. The zero-order valence-corrected chi connectivity index (χ0v) is 10.8. The number of rotatable bonds is 4. The first-order chi connectivity index (χ1) is 9.52. The largest absolute Gasteiger partial charge is 0.495 e. The minimum atomic E-state index is -1.10. The van der Waals surface area contributed by atoms with E-state index in [9.17, 15) is 9.59 Å². The molecule has 0 saturated carbocycles. The Bertz CT molecular complexity index is 663. The van der Waals surface area contributed by atoms with Gasteiger partial charge in [0.1, 0.15) is 5.75 Å². The molecule has 1 amide bonds. The molecule has 0 aliphatic rings. The van der Waals surface area contributed by atoms with Crippen LogP contribution in [0.15, 0.2) is 28.9 Å². The van der Waals surface area contributed by atoms with Crippen LogP contribution in [-0.2, 0) is 0 Å². The standard InChI is InChI=1S/C13H12N2O5/c1-7-6-14-20-11(7)12(16)15-9-5-8(13(17)18)3-4-10(9)19-2/h3-6H,1-2H3,(H,15,16)(H,17,18). The highest BCUT2D eigenvalue weighted by Crippen LogP contribution is 2.26. The van der Waals surface area contributed by atoms with E-state index in [0.717, 1.165) is 0 Å². The molecule has 2 aromatic rings. The minimum Gasteiger partial charge on any atom is -0.495 e. The fourth-order valence-corrected chi connectivity index (χ4v) is 1.63. The number of hydrogen-bond donors (Lipinski definition) is 2. The molecule has 2 N–H and O–H groups in total. The predicted molar refractivity (Wildman–Crippen MR) is 69.1 cm³/mol. The van der Waals surface area contributed by atoms with Crippen LogP contribution in [0.2, 0.25) is 0 Å². The van der Waals surface area contributed by atoms with Crippen molar-refractivity contribution in [2.45, 2.75) is 6.92 Å². The molecule has 0 atom stereocenters. The van der Waals surface area contributed by atoms with Gasteiger partial charge in [-0.05, 0) is 25.1 Å². The zero-order valence-electron chi connectivity index (χ0n) is 10.8. The van der Waals surface area contributed by atoms with E-state index >= 15 is 0 Å². The van der Waals surface area contributed by atoms with Crippen LogP contribution in [0, 0.1) is 6.92 Å². The molecule has 1 aromatic carbocycles. The molecule has 1 aromatic heterocycles. The summed E-state index contributed by atoms with van der Waals surface area (Å²) in [6, 6.07) is 4.16. The second kappa shape index (κ2) is 5.43. The van der Waals surface area contributed by atoms with Gasteiger partial charge in [0.2, 0.25) is 5.76 Å². The molecular formula is C13H12N2O5. The lowest BCUT2D eigenvalue weighted by molar-refractivity contribution is 0.0696. The average molecular weight is 276 g/mol. The van der Waals surface area contributed by atoms with Crippen molar-refractivity contribution < 1.29 is 24.0 Å². The lowest BCUT2D eigenvalue weighted by atomic mass is 10.2. The molecular weight excluding hydrogens is 264 g/mol. The van der Waals surface area contributed by atoms with E-state index in [-0.39, 0.29) is 17.0 Å². The van der Waals surface area contributed by atoms with E-state index in [1.165, 1.54) is 31.5 Å². The molecule has 7 nitrogen and oxygen atoms in total. The topological polar surface area (TPSA) is 102 Å². The van der Waals surface area contributed by atoms with Gasteiger partial charge in [-0.1, -0.05) is 5.16 Å². The van der Waals surface area contributed by atoms with Crippen molar-refractivity contribution in [3.05, 3.63) is 41.3 Å². The number of carboxylic acids is 1. The van der Waals surface area contributed by atoms with E-state index in [4.69, 9.17) is 14.4 Å². The molecule has 0 spiro atoms. The van der Waals surface area contributed by atoms with Crippen LogP contribution < -0.4 is 10.1 Å². The second-order valence-electron chi connectivity index (χ2n) is 4.01. The van der Waals surface area contributed by atoms with Gasteiger partial charge in [0, 0.05) is 5.56 Å². The first-order valence-corrected chi connectivity index (χ1v) is 5.67. The monoisotopic (exact) mass is 276 g/mol. The third-order valence-corrected chi connectivity index (χ3v) is 2.65. The number of amides is 1. The number of nitrogens with zero attached hydrogens (tertiary/aromatic N) is 1. The smallest absolute Gasteiger partial charge is 0.335 e. The number of carbonyl (C=O) groups is 2. The number of ether oxygens (including phenoxy) is 1. The average Bonchev–Trinajstić information content (AvgIpc) is 2.84. The summed E-state index contributed by atoms with van der Waals surface area (Å²) in [5.74, 6) is -1.21. The molecule has 0 unspecified atom stereocenters. The molecule has 0 fully saturated rings. The molecule has 0 aliphatic carbocycles. The molecule has 7 heteroatoms. The van der Waals surface area contributed by atoms with Crippen LogP contribution in [0.3, 0.4) is 0 Å². The van der Waals surface area contributed by atoms with Gasteiger partial charge < -0.3 is 19.7 Å². The Morgan fingerprint density at radius 3 is 2.70 bits per heavy atom. The van der Waals surface area contributed by atoms with Gasteiger partial charge in [0.05, 0.1) is 24.6 Å². The number of methoxy groups -OCH3 is 1. The number of aromatic carboxylic acids is 1. The van der Waals surface area contributed by atoms with E-state index in [0.29, 0.717) is 11.3 Å². The maximum atomic E-state index is 12.0. The number of anilines is 1. The molecule has 1 heterocycles.